The van der Waals surface area contributed by atoms with Crippen LogP contribution in [-0.4, -0.2) is 25.5 Å². The average molecular weight is 157 g/mol. The highest BCUT2D eigenvalue weighted by molar-refractivity contribution is 4.80. The Morgan fingerprint density at radius 1 is 1.45 bits per heavy atom. The Hall–Kier alpha value is -0.160. The molecule has 0 aromatic heterocycles. The molecule has 2 fully saturated rings. The molecule has 4 nitrogen and oxygen atoms in total. The van der Waals surface area contributed by atoms with Crippen molar-refractivity contribution in [3.8, 4) is 0 Å². The lowest BCUT2D eigenvalue weighted by Gasteiger charge is -2.14. The summed E-state index contributed by atoms with van der Waals surface area (Å²) in [5.74, 6) is 0.632. The summed E-state index contributed by atoms with van der Waals surface area (Å²) in [5.41, 5.74) is 2.91. The molecule has 0 aromatic rings. The molecular formula is C7H15N3O. The fourth-order valence-electron chi connectivity index (χ4n) is 1.66. The minimum absolute atomic E-state index is 0.208. The van der Waals surface area contributed by atoms with Gasteiger partial charge in [-0.05, 0) is 19.9 Å². The van der Waals surface area contributed by atoms with Gasteiger partial charge in [0.2, 0.25) is 0 Å². The normalized spacial score (nSPS) is 45.0. The molecule has 0 unspecified atom stereocenters. The van der Waals surface area contributed by atoms with Crippen LogP contribution in [0.2, 0.25) is 0 Å². The van der Waals surface area contributed by atoms with Crippen LogP contribution in [0.5, 0.6) is 0 Å². The van der Waals surface area contributed by atoms with Gasteiger partial charge < -0.3 is 5.32 Å². The van der Waals surface area contributed by atoms with E-state index in [1.807, 2.05) is 0 Å². The highest BCUT2D eigenvalue weighted by Gasteiger charge is 2.30. The van der Waals surface area contributed by atoms with Gasteiger partial charge in [-0.15, -0.1) is 0 Å². The maximum atomic E-state index is 5.35. The van der Waals surface area contributed by atoms with Crippen molar-refractivity contribution >= 4 is 0 Å². The van der Waals surface area contributed by atoms with Crippen molar-refractivity contribution < 1.29 is 4.84 Å². The highest BCUT2D eigenvalue weighted by Crippen LogP contribution is 2.15. The molecule has 0 radical (unpaired) electrons. The zero-order valence-electron chi connectivity index (χ0n) is 6.76. The Labute approximate surface area is 66.6 Å². The molecule has 0 bridgehead atoms. The first-order valence-electron chi connectivity index (χ1n) is 4.24. The number of nitrogens with one attached hydrogen (secondary N) is 3. The minimum Gasteiger partial charge on any atom is -0.316 e. The van der Waals surface area contributed by atoms with E-state index in [-0.39, 0.29) is 6.23 Å². The van der Waals surface area contributed by atoms with E-state index in [1.54, 1.807) is 0 Å². The van der Waals surface area contributed by atoms with Gasteiger partial charge in [-0.25, -0.2) is 0 Å². The summed E-state index contributed by atoms with van der Waals surface area (Å²) in [6.45, 7) is 4.26. The van der Waals surface area contributed by atoms with Gasteiger partial charge in [-0.3, -0.25) is 10.2 Å². The Morgan fingerprint density at radius 2 is 2.36 bits per heavy atom. The topological polar surface area (TPSA) is 45.3 Å². The predicted octanol–water partition coefficient (Wildman–Crippen LogP) is -0.608. The SMILES string of the molecule is C[C@@H]1NO[C@H]([C@H]2CCNC2)N1. The molecule has 0 aromatic carbocycles. The van der Waals surface area contributed by atoms with E-state index in [0.29, 0.717) is 12.1 Å². The van der Waals surface area contributed by atoms with E-state index >= 15 is 0 Å². The first kappa shape index (κ1) is 7.49. The van der Waals surface area contributed by atoms with Crippen molar-refractivity contribution in [2.75, 3.05) is 13.1 Å². The Morgan fingerprint density at radius 3 is 2.91 bits per heavy atom. The van der Waals surface area contributed by atoms with Crippen LogP contribution in [0.1, 0.15) is 13.3 Å². The standard InChI is InChI=1S/C7H15N3O/c1-5-9-7(11-10-5)6-2-3-8-4-6/h5-10H,2-4H2,1H3/t5-,6-,7+/m0/s1. The molecule has 3 N–H and O–H groups in total. The van der Waals surface area contributed by atoms with Crippen LogP contribution in [0.15, 0.2) is 0 Å². The Kier molecular flexibility index (Phi) is 2.09. The minimum atomic E-state index is 0.208. The fourth-order valence-corrected chi connectivity index (χ4v) is 1.66. The Balaban J connectivity index is 1.85. The van der Waals surface area contributed by atoms with Crippen LogP contribution < -0.4 is 16.1 Å². The maximum absolute atomic E-state index is 5.35. The van der Waals surface area contributed by atoms with Gasteiger partial charge in [0.25, 0.3) is 0 Å². The maximum Gasteiger partial charge on any atom is 0.135 e. The van der Waals surface area contributed by atoms with Crippen molar-refractivity contribution in [3.05, 3.63) is 0 Å². The van der Waals surface area contributed by atoms with Crippen LogP contribution in [-0.2, 0) is 4.84 Å². The molecule has 2 aliphatic heterocycles. The largest absolute Gasteiger partial charge is 0.316 e. The lowest BCUT2D eigenvalue weighted by molar-refractivity contribution is -0.00540. The van der Waals surface area contributed by atoms with Crippen LogP contribution in [0.25, 0.3) is 0 Å². The summed E-state index contributed by atoms with van der Waals surface area (Å²) in [7, 11) is 0. The molecule has 0 spiro atoms. The summed E-state index contributed by atoms with van der Waals surface area (Å²) in [4.78, 5) is 5.35. The second kappa shape index (κ2) is 3.06. The third-order valence-corrected chi connectivity index (χ3v) is 2.31. The zero-order chi connectivity index (χ0) is 7.68. The van der Waals surface area contributed by atoms with Crippen molar-refractivity contribution in [1.82, 2.24) is 16.1 Å². The molecule has 2 rings (SSSR count). The molecule has 2 heterocycles. The average Bonchev–Trinajstić information content (AvgIpc) is 2.55. The van der Waals surface area contributed by atoms with Gasteiger partial charge in [0, 0.05) is 12.5 Å². The molecule has 0 aliphatic carbocycles. The summed E-state index contributed by atoms with van der Waals surface area (Å²) < 4.78 is 0. The summed E-state index contributed by atoms with van der Waals surface area (Å²) in [6, 6.07) is 0. The van der Waals surface area contributed by atoms with Crippen LogP contribution in [0.4, 0.5) is 0 Å². The third-order valence-electron chi connectivity index (χ3n) is 2.31. The Bertz CT molecular complexity index is 136. The van der Waals surface area contributed by atoms with E-state index in [4.69, 9.17) is 4.84 Å². The molecule has 11 heavy (non-hydrogen) atoms. The van der Waals surface area contributed by atoms with Gasteiger partial charge in [-0.2, -0.15) is 5.48 Å². The molecule has 4 heteroatoms. The second-order valence-corrected chi connectivity index (χ2v) is 3.30. The predicted molar refractivity (Wildman–Crippen MR) is 41.6 cm³/mol. The van der Waals surface area contributed by atoms with Crippen LogP contribution in [0.3, 0.4) is 0 Å². The van der Waals surface area contributed by atoms with Gasteiger partial charge in [-0.1, -0.05) is 0 Å². The molecular weight excluding hydrogens is 142 g/mol. The number of hydroxylamine groups is 1. The van der Waals surface area contributed by atoms with Crippen molar-refractivity contribution in [2.24, 2.45) is 5.92 Å². The van der Waals surface area contributed by atoms with E-state index in [9.17, 15) is 0 Å². The lowest BCUT2D eigenvalue weighted by Crippen LogP contribution is -2.36. The number of hydrogen-bond acceptors (Lipinski definition) is 4. The highest BCUT2D eigenvalue weighted by atomic mass is 16.7. The summed E-state index contributed by atoms with van der Waals surface area (Å²) >= 11 is 0. The summed E-state index contributed by atoms with van der Waals surface area (Å²) in [5, 5.41) is 6.64. The van der Waals surface area contributed by atoms with Crippen molar-refractivity contribution in [3.63, 3.8) is 0 Å². The smallest absolute Gasteiger partial charge is 0.135 e. The van der Waals surface area contributed by atoms with E-state index < -0.39 is 0 Å². The number of hydrogen-bond donors (Lipinski definition) is 3. The van der Waals surface area contributed by atoms with E-state index in [0.717, 1.165) is 13.1 Å². The monoisotopic (exact) mass is 157 g/mol. The first-order chi connectivity index (χ1) is 5.36. The number of rotatable bonds is 1. The molecule has 0 amide bonds. The quantitative estimate of drug-likeness (QED) is 0.475. The lowest BCUT2D eigenvalue weighted by atomic mass is 10.1. The summed E-state index contributed by atoms with van der Waals surface area (Å²) in [6.07, 6.45) is 1.71. The second-order valence-electron chi connectivity index (χ2n) is 3.30. The van der Waals surface area contributed by atoms with E-state index in [1.165, 1.54) is 6.42 Å². The molecule has 0 saturated carbocycles. The van der Waals surface area contributed by atoms with Gasteiger partial charge in [0.15, 0.2) is 0 Å². The van der Waals surface area contributed by atoms with Crippen molar-refractivity contribution in [1.29, 1.82) is 0 Å². The zero-order valence-corrected chi connectivity index (χ0v) is 6.76. The van der Waals surface area contributed by atoms with E-state index in [2.05, 4.69) is 23.0 Å². The van der Waals surface area contributed by atoms with Crippen LogP contribution >= 0.6 is 0 Å². The van der Waals surface area contributed by atoms with Crippen LogP contribution in [0, 0.1) is 5.92 Å². The van der Waals surface area contributed by atoms with Gasteiger partial charge in [0.05, 0.1) is 6.17 Å². The first-order valence-corrected chi connectivity index (χ1v) is 4.24. The third kappa shape index (κ3) is 1.54. The molecule has 3 atom stereocenters. The molecule has 2 aliphatic rings. The fraction of sp³-hybridized carbons (Fsp3) is 1.00. The molecule has 2 saturated heterocycles. The van der Waals surface area contributed by atoms with Gasteiger partial charge in [0.1, 0.15) is 6.23 Å². The molecule has 64 valence electrons. The van der Waals surface area contributed by atoms with Gasteiger partial charge >= 0.3 is 0 Å². The van der Waals surface area contributed by atoms with Crippen molar-refractivity contribution in [2.45, 2.75) is 25.7 Å².